The molecule has 42 heavy (non-hydrogen) atoms. The molecule has 0 fully saturated rings. The van der Waals surface area contributed by atoms with Crippen LogP contribution in [0.1, 0.15) is 76.3 Å². The first-order valence-corrected chi connectivity index (χ1v) is 14.0. The van der Waals surface area contributed by atoms with Gasteiger partial charge in [-0.3, -0.25) is 14.4 Å². The lowest BCUT2D eigenvalue weighted by Gasteiger charge is -2.45. The number of carbonyl (C=O) groups excluding carboxylic acids is 4. The summed E-state index contributed by atoms with van der Waals surface area (Å²) in [4.78, 5) is 54.9. The molecule has 10 nitrogen and oxygen atoms in total. The minimum atomic E-state index is -1.14. The maximum absolute atomic E-state index is 14.6. The van der Waals surface area contributed by atoms with Gasteiger partial charge in [0.15, 0.2) is 0 Å². The molecule has 0 saturated heterocycles. The average molecular weight is 584 g/mol. The molecule has 0 aliphatic carbocycles. The maximum atomic E-state index is 14.6. The van der Waals surface area contributed by atoms with Gasteiger partial charge in [0.2, 0.25) is 11.8 Å². The van der Waals surface area contributed by atoms with E-state index in [9.17, 15) is 24.3 Å². The summed E-state index contributed by atoms with van der Waals surface area (Å²) in [6, 6.07) is 9.63. The fraction of sp³-hybridized carbons (Fsp3) is 0.500. The quantitative estimate of drug-likeness (QED) is 0.332. The molecule has 0 saturated carbocycles. The molecule has 3 N–H and O–H groups in total. The molecule has 0 aliphatic rings. The van der Waals surface area contributed by atoms with Crippen LogP contribution in [0.3, 0.4) is 0 Å². The fourth-order valence-corrected chi connectivity index (χ4v) is 4.49. The van der Waals surface area contributed by atoms with E-state index in [1.54, 1.807) is 39.0 Å². The lowest BCUT2D eigenvalue weighted by molar-refractivity contribution is -0.150. The highest BCUT2D eigenvalue weighted by Crippen LogP contribution is 2.34. The van der Waals surface area contributed by atoms with E-state index >= 15 is 0 Å². The Morgan fingerprint density at radius 2 is 1.60 bits per heavy atom. The molecule has 0 radical (unpaired) electrons. The number of nitrogens with one attached hydrogen (secondary N) is 2. The van der Waals surface area contributed by atoms with Crippen molar-refractivity contribution in [3.8, 4) is 5.75 Å². The predicted molar refractivity (Wildman–Crippen MR) is 160 cm³/mol. The van der Waals surface area contributed by atoms with Crippen LogP contribution < -0.4 is 10.6 Å². The molecule has 2 aromatic carbocycles. The maximum Gasteiger partial charge on any atom is 0.408 e. The number of nitrogens with zero attached hydrogens (tertiary/aromatic N) is 1. The molecule has 10 heteroatoms. The van der Waals surface area contributed by atoms with Crippen LogP contribution in [0.15, 0.2) is 42.5 Å². The number of alkyl carbamates (subject to hydrolysis) is 1. The highest BCUT2D eigenvalue weighted by molar-refractivity contribution is 5.94. The molecule has 2 unspecified atom stereocenters. The van der Waals surface area contributed by atoms with Crippen LogP contribution in [0, 0.1) is 13.8 Å². The number of rotatable bonds is 11. The predicted octanol–water partition coefficient (Wildman–Crippen LogP) is 4.49. The zero-order chi connectivity index (χ0) is 31.8. The minimum absolute atomic E-state index is 0.0626. The topological polar surface area (TPSA) is 134 Å². The highest BCUT2D eigenvalue weighted by Gasteiger charge is 2.43. The summed E-state index contributed by atoms with van der Waals surface area (Å²) in [5.41, 5.74) is 1.34. The third-order valence-corrected chi connectivity index (χ3v) is 6.98. The summed E-state index contributed by atoms with van der Waals surface area (Å²) in [5, 5.41) is 15.1. The highest BCUT2D eigenvalue weighted by atomic mass is 16.6. The molecular formula is C32H45N3O7. The monoisotopic (exact) mass is 583 g/mol. The van der Waals surface area contributed by atoms with E-state index in [0.717, 1.165) is 11.1 Å². The fourth-order valence-electron chi connectivity index (χ4n) is 4.49. The van der Waals surface area contributed by atoms with Crippen LogP contribution in [0.2, 0.25) is 0 Å². The molecule has 2 aromatic rings. The van der Waals surface area contributed by atoms with Crippen molar-refractivity contribution < 1.29 is 33.8 Å². The van der Waals surface area contributed by atoms with Crippen molar-refractivity contribution in [1.82, 2.24) is 15.5 Å². The third-order valence-electron chi connectivity index (χ3n) is 6.98. The molecule has 0 heterocycles. The zero-order valence-electron chi connectivity index (χ0n) is 26.2. The van der Waals surface area contributed by atoms with Gasteiger partial charge in [-0.1, -0.05) is 42.8 Å². The number of phenols is 1. The standard InChI is InChI=1S/C32H45N3O7/c1-10-32(7,8)35(27(28(38)33-19-26(37)41-9)24-16-11-20(2)17-21(24)3)29(39)25(34-30(40)42-31(4,5)6)18-22-12-14-23(36)15-13-22/h11-17,25,27,36H,10,18-19H2,1-9H3,(H,33,38)(H,34,40). The van der Waals surface area contributed by atoms with E-state index < -0.39 is 47.1 Å². The van der Waals surface area contributed by atoms with Crippen LogP contribution >= 0.6 is 0 Å². The molecular weight excluding hydrogens is 538 g/mol. The second-order valence-corrected chi connectivity index (χ2v) is 12.0. The number of esters is 1. The minimum Gasteiger partial charge on any atom is -0.508 e. The van der Waals surface area contributed by atoms with Gasteiger partial charge in [0, 0.05) is 12.0 Å². The second-order valence-electron chi connectivity index (χ2n) is 12.0. The van der Waals surface area contributed by atoms with Crippen molar-refractivity contribution in [2.75, 3.05) is 13.7 Å². The lowest BCUT2D eigenvalue weighted by atomic mass is 9.89. The molecule has 230 valence electrons. The number of ether oxygens (including phenoxy) is 2. The third kappa shape index (κ3) is 9.49. The van der Waals surface area contributed by atoms with Crippen molar-refractivity contribution in [1.29, 1.82) is 0 Å². The van der Waals surface area contributed by atoms with Crippen molar-refractivity contribution >= 4 is 23.9 Å². The van der Waals surface area contributed by atoms with E-state index in [1.807, 2.05) is 46.8 Å². The SMILES string of the molecule is CCC(C)(C)N(C(=O)C(Cc1ccc(O)cc1)NC(=O)OC(C)(C)C)C(C(=O)NCC(=O)OC)c1ccc(C)cc1C. The van der Waals surface area contributed by atoms with E-state index in [1.165, 1.54) is 24.1 Å². The number of carbonyl (C=O) groups is 4. The Morgan fingerprint density at radius 1 is 0.976 bits per heavy atom. The number of amides is 3. The van der Waals surface area contributed by atoms with Crippen LogP contribution in [-0.4, -0.2) is 64.7 Å². The van der Waals surface area contributed by atoms with Crippen molar-refractivity contribution in [2.45, 2.75) is 91.5 Å². The Balaban J connectivity index is 2.70. The van der Waals surface area contributed by atoms with Gasteiger partial charge >= 0.3 is 12.1 Å². The lowest BCUT2D eigenvalue weighted by Crippen LogP contribution is -2.60. The number of hydrogen-bond donors (Lipinski definition) is 3. The van der Waals surface area contributed by atoms with E-state index in [2.05, 4.69) is 10.6 Å². The summed E-state index contributed by atoms with van der Waals surface area (Å²) in [7, 11) is 1.22. The number of methoxy groups -OCH3 is 1. The van der Waals surface area contributed by atoms with Crippen LogP contribution in [0.25, 0.3) is 0 Å². The number of phenolic OH excluding ortho intramolecular Hbond substituents is 1. The van der Waals surface area contributed by atoms with E-state index in [-0.39, 0.29) is 18.7 Å². The van der Waals surface area contributed by atoms with Gasteiger partial charge < -0.3 is 30.1 Å². The molecule has 2 rings (SSSR count). The van der Waals surface area contributed by atoms with Gasteiger partial charge in [-0.25, -0.2) is 4.79 Å². The average Bonchev–Trinajstić information content (AvgIpc) is 2.89. The Bertz CT molecular complexity index is 1270. The summed E-state index contributed by atoms with van der Waals surface area (Å²) in [5.74, 6) is -1.65. The van der Waals surface area contributed by atoms with Crippen molar-refractivity contribution in [3.05, 3.63) is 64.7 Å². The number of hydrogen-bond acceptors (Lipinski definition) is 7. The van der Waals surface area contributed by atoms with Gasteiger partial charge in [0.05, 0.1) is 7.11 Å². The van der Waals surface area contributed by atoms with Crippen molar-refractivity contribution in [3.63, 3.8) is 0 Å². The first-order valence-electron chi connectivity index (χ1n) is 14.0. The van der Waals surface area contributed by atoms with E-state index in [4.69, 9.17) is 9.47 Å². The molecule has 3 amide bonds. The Kier molecular flexibility index (Phi) is 11.5. The summed E-state index contributed by atoms with van der Waals surface area (Å²) in [6.07, 6.45) is -0.243. The van der Waals surface area contributed by atoms with Crippen molar-refractivity contribution in [2.24, 2.45) is 0 Å². The van der Waals surface area contributed by atoms with Gasteiger partial charge in [0.1, 0.15) is 30.0 Å². The number of aromatic hydroxyl groups is 1. The molecule has 0 spiro atoms. The number of benzene rings is 2. The number of aryl methyl sites for hydroxylation is 2. The Labute approximate surface area is 248 Å². The summed E-state index contributed by atoms with van der Waals surface area (Å²) < 4.78 is 10.2. The summed E-state index contributed by atoms with van der Waals surface area (Å²) >= 11 is 0. The zero-order valence-corrected chi connectivity index (χ0v) is 26.2. The molecule has 0 aromatic heterocycles. The normalized spacial score (nSPS) is 13.0. The van der Waals surface area contributed by atoms with Gasteiger partial charge in [-0.05, 0) is 83.7 Å². The first kappa shape index (κ1) is 34.1. The summed E-state index contributed by atoms with van der Waals surface area (Å²) in [6.45, 7) is 14.2. The smallest absolute Gasteiger partial charge is 0.408 e. The Morgan fingerprint density at radius 3 is 2.12 bits per heavy atom. The van der Waals surface area contributed by atoms with Crippen LogP contribution in [0.4, 0.5) is 4.79 Å². The Hall–Kier alpha value is -4.08. The molecule has 2 atom stereocenters. The van der Waals surface area contributed by atoms with Gasteiger partial charge in [0.25, 0.3) is 0 Å². The molecule has 0 bridgehead atoms. The van der Waals surface area contributed by atoms with Crippen LogP contribution in [-0.2, 0) is 30.3 Å². The van der Waals surface area contributed by atoms with E-state index in [0.29, 0.717) is 17.5 Å². The first-order chi connectivity index (χ1) is 19.5. The van der Waals surface area contributed by atoms with Gasteiger partial charge in [-0.15, -0.1) is 0 Å². The van der Waals surface area contributed by atoms with Crippen LogP contribution in [0.5, 0.6) is 5.75 Å². The second kappa shape index (κ2) is 14.2. The molecule has 0 aliphatic heterocycles. The largest absolute Gasteiger partial charge is 0.508 e. The van der Waals surface area contributed by atoms with Gasteiger partial charge in [-0.2, -0.15) is 0 Å².